The van der Waals surface area contributed by atoms with Gasteiger partial charge in [0, 0.05) is 12.6 Å². The third-order valence-electron chi connectivity index (χ3n) is 4.64. The topological polar surface area (TPSA) is 49.4 Å². The lowest BCUT2D eigenvalue weighted by atomic mass is 9.89. The van der Waals surface area contributed by atoms with Crippen molar-refractivity contribution in [2.24, 2.45) is 11.3 Å². The summed E-state index contributed by atoms with van der Waals surface area (Å²) < 4.78 is 27.1. The molecule has 0 radical (unpaired) electrons. The van der Waals surface area contributed by atoms with Crippen molar-refractivity contribution < 1.29 is 8.42 Å². The van der Waals surface area contributed by atoms with Crippen molar-refractivity contribution in [2.45, 2.75) is 58.9 Å². The number of piperidine rings is 1. The number of nitrogens with one attached hydrogen (secondary N) is 1. The predicted octanol–water partition coefficient (Wildman–Crippen LogP) is 2.22. The van der Waals surface area contributed by atoms with Gasteiger partial charge in [-0.05, 0) is 56.5 Å². The predicted molar refractivity (Wildman–Crippen MR) is 83.2 cm³/mol. The first kappa shape index (κ1) is 16.2. The Hall–Kier alpha value is -0.130. The first-order valence-corrected chi connectivity index (χ1v) is 9.61. The smallest absolute Gasteiger partial charge is 0.214 e. The summed E-state index contributed by atoms with van der Waals surface area (Å²) >= 11 is 0. The van der Waals surface area contributed by atoms with E-state index in [9.17, 15) is 8.42 Å². The summed E-state index contributed by atoms with van der Waals surface area (Å²) in [6, 6.07) is 0.266. The van der Waals surface area contributed by atoms with Crippen molar-refractivity contribution in [1.29, 1.82) is 0 Å². The first-order chi connectivity index (χ1) is 9.30. The fraction of sp³-hybridized carbons (Fsp3) is 1.00. The molecule has 1 unspecified atom stereocenters. The second-order valence-electron chi connectivity index (χ2n) is 7.53. The Kier molecular flexibility index (Phi) is 5.14. The molecule has 1 atom stereocenters. The van der Waals surface area contributed by atoms with E-state index in [0.29, 0.717) is 11.7 Å². The Bertz CT molecular complexity index is 408. The van der Waals surface area contributed by atoms with E-state index in [1.165, 1.54) is 0 Å². The fourth-order valence-electron chi connectivity index (χ4n) is 3.36. The van der Waals surface area contributed by atoms with E-state index >= 15 is 0 Å². The molecule has 20 heavy (non-hydrogen) atoms. The largest absolute Gasteiger partial charge is 0.317 e. The van der Waals surface area contributed by atoms with Gasteiger partial charge in [0.05, 0.1) is 5.75 Å². The van der Waals surface area contributed by atoms with Crippen molar-refractivity contribution in [1.82, 2.24) is 9.62 Å². The molecule has 0 spiro atoms. The number of sulfonamides is 1. The zero-order valence-corrected chi connectivity index (χ0v) is 14.0. The van der Waals surface area contributed by atoms with E-state index < -0.39 is 10.0 Å². The van der Waals surface area contributed by atoms with Crippen LogP contribution in [0, 0.1) is 11.3 Å². The van der Waals surface area contributed by atoms with Gasteiger partial charge >= 0.3 is 0 Å². The lowest BCUT2D eigenvalue weighted by molar-refractivity contribution is 0.234. The lowest BCUT2D eigenvalue weighted by Crippen LogP contribution is -2.44. The molecule has 0 aromatic rings. The van der Waals surface area contributed by atoms with Gasteiger partial charge < -0.3 is 5.32 Å². The lowest BCUT2D eigenvalue weighted by Gasteiger charge is -2.34. The summed E-state index contributed by atoms with van der Waals surface area (Å²) in [5.74, 6) is 0.862. The molecule has 2 rings (SSSR count). The van der Waals surface area contributed by atoms with Gasteiger partial charge in [0.1, 0.15) is 0 Å². The second kappa shape index (κ2) is 6.32. The molecule has 2 saturated heterocycles. The van der Waals surface area contributed by atoms with Crippen LogP contribution in [0.15, 0.2) is 0 Å². The van der Waals surface area contributed by atoms with E-state index in [-0.39, 0.29) is 11.5 Å². The van der Waals surface area contributed by atoms with Crippen molar-refractivity contribution in [3.05, 3.63) is 0 Å². The van der Waals surface area contributed by atoms with Crippen LogP contribution in [0.3, 0.4) is 0 Å². The van der Waals surface area contributed by atoms with Crippen LogP contribution in [0.1, 0.15) is 52.9 Å². The number of nitrogens with zero attached hydrogens (tertiary/aromatic N) is 1. The van der Waals surface area contributed by atoms with Crippen molar-refractivity contribution in [3.63, 3.8) is 0 Å². The third kappa shape index (κ3) is 4.18. The molecule has 2 aliphatic rings. The summed E-state index contributed by atoms with van der Waals surface area (Å²) in [6.45, 7) is 9.14. The number of hydrogen-bond acceptors (Lipinski definition) is 3. The zero-order valence-electron chi connectivity index (χ0n) is 13.2. The number of hydrogen-bond donors (Lipinski definition) is 1. The van der Waals surface area contributed by atoms with Crippen molar-refractivity contribution in [2.75, 3.05) is 25.4 Å². The number of rotatable bonds is 4. The van der Waals surface area contributed by atoms with Crippen LogP contribution in [-0.4, -0.2) is 44.2 Å². The van der Waals surface area contributed by atoms with Gasteiger partial charge in [-0.25, -0.2) is 8.42 Å². The first-order valence-electron chi connectivity index (χ1n) is 8.00. The zero-order chi connectivity index (χ0) is 14.8. The molecular formula is C15H30N2O2S. The fourth-order valence-corrected chi connectivity index (χ4v) is 5.57. The molecule has 2 aliphatic heterocycles. The second-order valence-corrected chi connectivity index (χ2v) is 9.58. The van der Waals surface area contributed by atoms with Gasteiger partial charge in [0.15, 0.2) is 0 Å². The van der Waals surface area contributed by atoms with Crippen LogP contribution in [0.2, 0.25) is 0 Å². The van der Waals surface area contributed by atoms with Gasteiger partial charge in [-0.15, -0.1) is 0 Å². The molecule has 5 heteroatoms. The van der Waals surface area contributed by atoms with E-state index in [0.717, 1.165) is 51.7 Å². The van der Waals surface area contributed by atoms with Crippen LogP contribution in [0.4, 0.5) is 0 Å². The maximum Gasteiger partial charge on any atom is 0.214 e. The van der Waals surface area contributed by atoms with E-state index in [2.05, 4.69) is 26.1 Å². The van der Waals surface area contributed by atoms with Gasteiger partial charge in [0.2, 0.25) is 10.0 Å². The quantitative estimate of drug-likeness (QED) is 0.866. The Morgan fingerprint density at radius 2 is 1.80 bits per heavy atom. The molecule has 2 heterocycles. The van der Waals surface area contributed by atoms with Crippen LogP contribution in [0.25, 0.3) is 0 Å². The maximum absolute atomic E-state index is 12.6. The van der Waals surface area contributed by atoms with Gasteiger partial charge in [-0.3, -0.25) is 0 Å². The summed E-state index contributed by atoms with van der Waals surface area (Å²) in [4.78, 5) is 0. The SMILES string of the molecule is CC(C)(C)CCS(=O)(=O)N1CCCC1C1CCNCC1. The molecular weight excluding hydrogens is 272 g/mol. The highest BCUT2D eigenvalue weighted by Crippen LogP contribution is 2.32. The van der Waals surface area contributed by atoms with E-state index in [4.69, 9.17) is 0 Å². The van der Waals surface area contributed by atoms with E-state index in [1.807, 2.05) is 4.31 Å². The minimum atomic E-state index is -3.08. The Balaban J connectivity index is 2.01. The van der Waals surface area contributed by atoms with Crippen molar-refractivity contribution in [3.8, 4) is 0 Å². The summed E-state index contributed by atoms with van der Waals surface area (Å²) in [7, 11) is -3.08. The molecule has 0 aliphatic carbocycles. The Labute approximate surface area is 124 Å². The highest BCUT2D eigenvalue weighted by molar-refractivity contribution is 7.89. The van der Waals surface area contributed by atoms with Gasteiger partial charge in [-0.1, -0.05) is 20.8 Å². The summed E-state index contributed by atoms with van der Waals surface area (Å²) in [5, 5.41) is 3.37. The molecule has 4 nitrogen and oxygen atoms in total. The average molecular weight is 302 g/mol. The highest BCUT2D eigenvalue weighted by atomic mass is 32.2. The van der Waals surface area contributed by atoms with Gasteiger partial charge in [0.25, 0.3) is 0 Å². The molecule has 0 bridgehead atoms. The monoisotopic (exact) mass is 302 g/mol. The highest BCUT2D eigenvalue weighted by Gasteiger charge is 2.39. The minimum Gasteiger partial charge on any atom is -0.317 e. The Morgan fingerprint density at radius 3 is 2.40 bits per heavy atom. The molecule has 0 amide bonds. The van der Waals surface area contributed by atoms with Crippen LogP contribution < -0.4 is 5.32 Å². The van der Waals surface area contributed by atoms with Crippen molar-refractivity contribution >= 4 is 10.0 Å². The molecule has 2 fully saturated rings. The summed E-state index contributed by atoms with van der Waals surface area (Å²) in [5.41, 5.74) is 0.0804. The van der Waals surface area contributed by atoms with Crippen LogP contribution in [-0.2, 0) is 10.0 Å². The molecule has 118 valence electrons. The summed E-state index contributed by atoms with van der Waals surface area (Å²) in [6.07, 6.45) is 5.07. The normalized spacial score (nSPS) is 27.1. The standard InChI is InChI=1S/C15H30N2O2S/c1-15(2,3)8-12-20(18,19)17-11-4-5-14(17)13-6-9-16-10-7-13/h13-14,16H,4-12H2,1-3H3. The minimum absolute atomic E-state index is 0.0804. The Morgan fingerprint density at radius 1 is 1.15 bits per heavy atom. The maximum atomic E-state index is 12.6. The molecule has 0 aromatic carbocycles. The van der Waals surface area contributed by atoms with Gasteiger partial charge in [-0.2, -0.15) is 4.31 Å². The molecule has 0 aromatic heterocycles. The third-order valence-corrected chi connectivity index (χ3v) is 6.53. The van der Waals surface area contributed by atoms with Crippen LogP contribution >= 0.6 is 0 Å². The molecule has 1 N–H and O–H groups in total. The van der Waals surface area contributed by atoms with E-state index in [1.54, 1.807) is 0 Å². The van der Waals surface area contributed by atoms with Crippen LogP contribution in [0.5, 0.6) is 0 Å². The average Bonchev–Trinajstić information content (AvgIpc) is 2.87. The molecule has 0 saturated carbocycles.